The zero-order valence-corrected chi connectivity index (χ0v) is 12.0. The van der Waals surface area contributed by atoms with Crippen LogP contribution in [0.3, 0.4) is 0 Å². The van der Waals surface area contributed by atoms with Crippen LogP contribution in [-0.2, 0) is 16.6 Å². The normalized spacial score (nSPS) is 15.3. The summed E-state index contributed by atoms with van der Waals surface area (Å²) in [6.07, 6.45) is 5.60. The highest BCUT2D eigenvalue weighted by atomic mass is 16.2. The van der Waals surface area contributed by atoms with E-state index in [0.717, 1.165) is 19.6 Å². The molecule has 2 amide bonds. The van der Waals surface area contributed by atoms with E-state index in [4.69, 9.17) is 0 Å². The van der Waals surface area contributed by atoms with Crippen LogP contribution in [-0.4, -0.2) is 64.6 Å². The van der Waals surface area contributed by atoms with Gasteiger partial charge in [0, 0.05) is 33.4 Å². The summed E-state index contributed by atoms with van der Waals surface area (Å²) in [6, 6.07) is 0. The van der Waals surface area contributed by atoms with Gasteiger partial charge in [-0.2, -0.15) is 5.10 Å². The Morgan fingerprint density at radius 2 is 2.10 bits per heavy atom. The van der Waals surface area contributed by atoms with E-state index in [1.165, 1.54) is 23.9 Å². The van der Waals surface area contributed by atoms with Gasteiger partial charge in [0.25, 0.3) is 0 Å². The van der Waals surface area contributed by atoms with E-state index in [9.17, 15) is 9.59 Å². The van der Waals surface area contributed by atoms with Crippen LogP contribution in [0.2, 0.25) is 0 Å². The molecule has 0 aromatic carbocycles. The molecule has 0 bridgehead atoms. The van der Waals surface area contributed by atoms with Crippen molar-refractivity contribution in [3.63, 3.8) is 0 Å². The van der Waals surface area contributed by atoms with Crippen molar-refractivity contribution < 1.29 is 9.59 Å². The molecule has 0 radical (unpaired) electrons. The van der Waals surface area contributed by atoms with Gasteiger partial charge in [0.05, 0.1) is 11.9 Å². The van der Waals surface area contributed by atoms with E-state index < -0.39 is 11.8 Å². The number of aryl methyl sites for hydroxylation is 1. The van der Waals surface area contributed by atoms with Gasteiger partial charge in [-0.15, -0.1) is 0 Å². The van der Waals surface area contributed by atoms with Crippen LogP contribution in [0.4, 0.5) is 5.69 Å². The summed E-state index contributed by atoms with van der Waals surface area (Å²) in [5, 5.41) is 6.48. The predicted octanol–water partition coefficient (Wildman–Crippen LogP) is -0.0872. The minimum atomic E-state index is -0.623. The number of rotatable bonds is 4. The molecule has 1 aromatic rings. The number of likely N-dealkylation sites (tertiary alicyclic amines) is 1. The van der Waals surface area contributed by atoms with Crippen molar-refractivity contribution in [2.24, 2.45) is 7.05 Å². The van der Waals surface area contributed by atoms with E-state index in [1.807, 2.05) is 0 Å². The summed E-state index contributed by atoms with van der Waals surface area (Å²) < 4.78 is 1.57. The topological polar surface area (TPSA) is 70.5 Å². The average molecular weight is 279 g/mol. The Hall–Kier alpha value is -1.89. The monoisotopic (exact) mass is 279 g/mol. The van der Waals surface area contributed by atoms with Crippen molar-refractivity contribution in [1.82, 2.24) is 19.6 Å². The number of anilines is 1. The molecule has 0 saturated carbocycles. The number of hydrogen-bond acceptors (Lipinski definition) is 4. The van der Waals surface area contributed by atoms with Gasteiger partial charge in [0.15, 0.2) is 0 Å². The van der Waals surface area contributed by atoms with E-state index >= 15 is 0 Å². The number of hydrogen-bond donors (Lipinski definition) is 1. The first-order valence-electron chi connectivity index (χ1n) is 6.83. The van der Waals surface area contributed by atoms with Crippen molar-refractivity contribution in [3.8, 4) is 0 Å². The molecular weight excluding hydrogens is 258 g/mol. The van der Waals surface area contributed by atoms with Crippen molar-refractivity contribution in [1.29, 1.82) is 0 Å². The van der Waals surface area contributed by atoms with Gasteiger partial charge in [-0.3, -0.25) is 14.3 Å². The fraction of sp³-hybridized carbons (Fsp3) is 0.615. The third kappa shape index (κ3) is 3.80. The molecule has 20 heavy (non-hydrogen) atoms. The number of nitrogens with one attached hydrogen (secondary N) is 1. The van der Waals surface area contributed by atoms with E-state index in [-0.39, 0.29) is 0 Å². The van der Waals surface area contributed by atoms with Gasteiger partial charge in [0.2, 0.25) is 0 Å². The molecule has 7 nitrogen and oxygen atoms in total. The van der Waals surface area contributed by atoms with Gasteiger partial charge in [-0.05, 0) is 25.9 Å². The Labute approximate surface area is 118 Å². The fourth-order valence-electron chi connectivity index (χ4n) is 2.24. The van der Waals surface area contributed by atoms with Crippen molar-refractivity contribution in [2.75, 3.05) is 38.5 Å². The summed E-state index contributed by atoms with van der Waals surface area (Å²) in [4.78, 5) is 27.5. The molecule has 0 aliphatic carbocycles. The highest BCUT2D eigenvalue weighted by Crippen LogP contribution is 2.07. The lowest BCUT2D eigenvalue weighted by Gasteiger charge is -2.20. The first-order valence-corrected chi connectivity index (χ1v) is 6.83. The Morgan fingerprint density at radius 1 is 1.40 bits per heavy atom. The summed E-state index contributed by atoms with van der Waals surface area (Å²) in [5.74, 6) is -1.14. The van der Waals surface area contributed by atoms with Crippen molar-refractivity contribution >= 4 is 17.5 Å². The van der Waals surface area contributed by atoms with Gasteiger partial charge in [-0.25, -0.2) is 0 Å². The largest absolute Gasteiger partial charge is 0.336 e. The maximum absolute atomic E-state index is 11.9. The van der Waals surface area contributed by atoms with E-state index in [0.29, 0.717) is 12.2 Å². The smallest absolute Gasteiger partial charge is 0.313 e. The van der Waals surface area contributed by atoms with Crippen LogP contribution >= 0.6 is 0 Å². The maximum Gasteiger partial charge on any atom is 0.313 e. The number of carbonyl (C=O) groups is 2. The lowest BCUT2D eigenvalue weighted by molar-refractivity contribution is -0.142. The van der Waals surface area contributed by atoms with E-state index in [2.05, 4.69) is 15.3 Å². The summed E-state index contributed by atoms with van der Waals surface area (Å²) >= 11 is 0. The standard InChI is InChI=1S/C13H21N5O2/c1-16(7-8-18-5-3-4-6-18)13(20)12(19)15-11-9-14-17(2)10-11/h9-10H,3-8H2,1-2H3,(H,15,19). The van der Waals surface area contributed by atoms with Crippen LogP contribution < -0.4 is 5.32 Å². The first-order chi connectivity index (χ1) is 9.56. The quantitative estimate of drug-likeness (QED) is 0.782. The lowest BCUT2D eigenvalue weighted by Crippen LogP contribution is -2.41. The minimum absolute atomic E-state index is 0.520. The molecule has 0 spiro atoms. The minimum Gasteiger partial charge on any atom is -0.336 e. The number of amides is 2. The van der Waals surface area contributed by atoms with Gasteiger partial charge in [-0.1, -0.05) is 0 Å². The second kappa shape index (κ2) is 6.51. The third-order valence-electron chi connectivity index (χ3n) is 3.45. The Kier molecular flexibility index (Phi) is 4.73. The molecule has 1 aliphatic rings. The second-order valence-corrected chi connectivity index (χ2v) is 5.13. The molecule has 7 heteroatoms. The molecule has 0 unspecified atom stereocenters. The van der Waals surface area contributed by atoms with Crippen LogP contribution in [0.5, 0.6) is 0 Å². The first kappa shape index (κ1) is 14.5. The van der Waals surface area contributed by atoms with Crippen LogP contribution in [0, 0.1) is 0 Å². The molecule has 2 heterocycles. The maximum atomic E-state index is 11.9. The molecule has 1 aromatic heterocycles. The number of aromatic nitrogens is 2. The summed E-state index contributed by atoms with van der Waals surface area (Å²) in [7, 11) is 3.40. The Bertz CT molecular complexity index is 479. The molecular formula is C13H21N5O2. The predicted molar refractivity (Wildman–Crippen MR) is 75.1 cm³/mol. The Balaban J connectivity index is 1.78. The molecule has 1 fully saturated rings. The summed E-state index contributed by atoms with van der Waals surface area (Å²) in [5.41, 5.74) is 0.527. The van der Waals surface area contributed by atoms with Crippen molar-refractivity contribution in [3.05, 3.63) is 12.4 Å². The van der Waals surface area contributed by atoms with E-state index in [1.54, 1.807) is 25.0 Å². The van der Waals surface area contributed by atoms with Gasteiger partial charge >= 0.3 is 11.8 Å². The molecule has 1 saturated heterocycles. The molecule has 110 valence electrons. The van der Waals surface area contributed by atoms with Crippen LogP contribution in [0.15, 0.2) is 12.4 Å². The third-order valence-corrected chi connectivity index (χ3v) is 3.45. The summed E-state index contributed by atoms with van der Waals surface area (Å²) in [6.45, 7) is 3.57. The zero-order chi connectivity index (χ0) is 14.5. The molecule has 2 rings (SSSR count). The Morgan fingerprint density at radius 3 is 2.70 bits per heavy atom. The highest BCUT2D eigenvalue weighted by Gasteiger charge is 2.20. The molecule has 1 N–H and O–H groups in total. The van der Waals surface area contributed by atoms with Crippen LogP contribution in [0.25, 0.3) is 0 Å². The lowest BCUT2D eigenvalue weighted by atomic mass is 10.4. The highest BCUT2D eigenvalue weighted by molar-refractivity contribution is 6.39. The van der Waals surface area contributed by atoms with Crippen molar-refractivity contribution in [2.45, 2.75) is 12.8 Å². The molecule has 1 aliphatic heterocycles. The van der Waals surface area contributed by atoms with Crippen LogP contribution in [0.1, 0.15) is 12.8 Å². The molecule has 0 atom stereocenters. The van der Waals surface area contributed by atoms with Gasteiger partial charge in [0.1, 0.15) is 0 Å². The average Bonchev–Trinajstić information content (AvgIpc) is 3.06. The SMILES string of the molecule is CN(CCN1CCCC1)C(=O)C(=O)Nc1cnn(C)c1. The van der Waals surface area contributed by atoms with Gasteiger partial charge < -0.3 is 15.1 Å². The number of carbonyl (C=O) groups excluding carboxylic acids is 2. The zero-order valence-electron chi connectivity index (χ0n) is 12.0. The second-order valence-electron chi connectivity index (χ2n) is 5.13. The number of nitrogens with zero attached hydrogens (tertiary/aromatic N) is 4. The number of likely N-dealkylation sites (N-methyl/N-ethyl adjacent to an activating group) is 1. The fourth-order valence-corrected chi connectivity index (χ4v) is 2.24.